The quantitative estimate of drug-likeness (QED) is 0.550. The number of methoxy groups -OCH3 is 1. The Hall–Kier alpha value is -3.48. The van der Waals surface area contributed by atoms with Gasteiger partial charge in [-0.25, -0.2) is 4.98 Å². The molecule has 0 bridgehead atoms. The molecule has 28 heavy (non-hydrogen) atoms. The third kappa shape index (κ3) is 5.26. The van der Waals surface area contributed by atoms with Crippen LogP contribution in [0.2, 0.25) is 0 Å². The van der Waals surface area contributed by atoms with E-state index in [0.717, 1.165) is 23.3 Å². The molecule has 3 aromatic rings. The Balaban J connectivity index is 1.57. The number of hydrogen-bond donors (Lipinski definition) is 2. The Morgan fingerprint density at radius 3 is 2.46 bits per heavy atom. The Bertz CT molecular complexity index is 903. The number of ether oxygens (including phenoxy) is 3. The minimum absolute atomic E-state index is 0.165. The van der Waals surface area contributed by atoms with Crippen LogP contribution in [0.1, 0.15) is 17.5 Å². The maximum absolute atomic E-state index is 5.92. The molecule has 0 atom stereocenters. The summed E-state index contributed by atoms with van der Waals surface area (Å²) in [6, 6.07) is 15.5. The summed E-state index contributed by atoms with van der Waals surface area (Å²) in [5.74, 6) is 2.75. The van der Waals surface area contributed by atoms with Gasteiger partial charge < -0.3 is 25.7 Å². The number of anilines is 2. The van der Waals surface area contributed by atoms with Gasteiger partial charge in [0, 0.05) is 24.6 Å². The zero-order valence-corrected chi connectivity index (χ0v) is 15.8. The zero-order chi connectivity index (χ0) is 19.8. The minimum atomic E-state index is 0.165. The van der Waals surface area contributed by atoms with Gasteiger partial charge in [-0.15, -0.1) is 0 Å². The Morgan fingerprint density at radius 2 is 1.71 bits per heavy atom. The van der Waals surface area contributed by atoms with Gasteiger partial charge in [0.2, 0.25) is 5.95 Å². The molecule has 0 aliphatic carbocycles. The molecule has 0 unspecified atom stereocenters. The number of nitrogen functional groups attached to an aromatic ring is 2. The van der Waals surface area contributed by atoms with Crippen molar-refractivity contribution in [2.45, 2.75) is 12.8 Å². The maximum Gasteiger partial charge on any atom is 0.221 e. The highest BCUT2D eigenvalue weighted by Gasteiger charge is 2.09. The first-order valence-electron chi connectivity index (χ1n) is 9.00. The highest BCUT2D eigenvalue weighted by molar-refractivity contribution is 5.48. The fraction of sp³-hybridized carbons (Fsp3) is 0.238. The number of nitrogens with two attached hydrogens (primary N) is 2. The average molecular weight is 380 g/mol. The summed E-state index contributed by atoms with van der Waals surface area (Å²) < 4.78 is 17.0. The van der Waals surface area contributed by atoms with Gasteiger partial charge in [0.05, 0.1) is 20.3 Å². The van der Waals surface area contributed by atoms with Gasteiger partial charge in [-0.2, -0.15) is 4.98 Å². The monoisotopic (exact) mass is 380 g/mol. The summed E-state index contributed by atoms with van der Waals surface area (Å²) in [6.45, 7) is 1.09. The topological polar surface area (TPSA) is 106 Å². The van der Waals surface area contributed by atoms with Crippen LogP contribution in [-0.4, -0.2) is 30.3 Å². The van der Waals surface area contributed by atoms with Gasteiger partial charge in [0.25, 0.3) is 0 Å². The van der Waals surface area contributed by atoms with Crippen molar-refractivity contribution < 1.29 is 14.2 Å². The molecule has 146 valence electrons. The number of aromatic nitrogens is 2. The second-order valence-electron chi connectivity index (χ2n) is 6.16. The van der Waals surface area contributed by atoms with E-state index in [9.17, 15) is 0 Å². The van der Waals surface area contributed by atoms with Crippen LogP contribution in [0.5, 0.6) is 17.2 Å². The van der Waals surface area contributed by atoms with Crippen molar-refractivity contribution in [2.75, 3.05) is 31.8 Å². The van der Waals surface area contributed by atoms with Crippen LogP contribution in [0.25, 0.3) is 0 Å². The Morgan fingerprint density at radius 1 is 0.929 bits per heavy atom. The number of hydrogen-bond acceptors (Lipinski definition) is 7. The number of para-hydroxylation sites is 1. The largest absolute Gasteiger partial charge is 0.493 e. The van der Waals surface area contributed by atoms with E-state index in [0.29, 0.717) is 37.0 Å². The standard InChI is InChI=1S/C21H24N4O3/c1-26-18-9-8-15(12-16-14-24-21(23)25-20(16)22)13-19(18)28-11-5-10-27-17-6-3-2-4-7-17/h2-4,6-9,13-14H,5,10-12H2,1H3,(H4,22,23,24,25). The van der Waals surface area contributed by atoms with Crippen LogP contribution in [0, 0.1) is 0 Å². The third-order valence-electron chi connectivity index (χ3n) is 4.10. The molecular formula is C21H24N4O3. The Labute approximate surface area is 164 Å². The van der Waals surface area contributed by atoms with E-state index in [1.807, 2.05) is 48.5 Å². The molecular weight excluding hydrogens is 356 g/mol. The summed E-state index contributed by atoms with van der Waals surface area (Å²) >= 11 is 0. The molecule has 0 aliphatic rings. The van der Waals surface area contributed by atoms with Crippen LogP contribution in [-0.2, 0) is 6.42 Å². The smallest absolute Gasteiger partial charge is 0.221 e. The van der Waals surface area contributed by atoms with Crippen molar-refractivity contribution in [2.24, 2.45) is 0 Å². The molecule has 0 saturated carbocycles. The van der Waals surface area contributed by atoms with Crippen molar-refractivity contribution in [3.63, 3.8) is 0 Å². The SMILES string of the molecule is COc1ccc(Cc2cnc(N)nc2N)cc1OCCCOc1ccccc1. The van der Waals surface area contributed by atoms with E-state index in [2.05, 4.69) is 9.97 Å². The lowest BCUT2D eigenvalue weighted by molar-refractivity contribution is 0.240. The summed E-state index contributed by atoms with van der Waals surface area (Å²) in [5.41, 5.74) is 13.3. The van der Waals surface area contributed by atoms with Gasteiger partial charge in [-0.1, -0.05) is 24.3 Å². The van der Waals surface area contributed by atoms with Crippen LogP contribution < -0.4 is 25.7 Å². The molecule has 0 amide bonds. The molecule has 4 N–H and O–H groups in total. The highest BCUT2D eigenvalue weighted by Crippen LogP contribution is 2.29. The predicted octanol–water partition coefficient (Wildman–Crippen LogP) is 3.09. The lowest BCUT2D eigenvalue weighted by Crippen LogP contribution is -2.06. The fourth-order valence-electron chi connectivity index (χ4n) is 2.68. The maximum atomic E-state index is 5.92. The first-order valence-corrected chi connectivity index (χ1v) is 9.00. The molecule has 2 aromatic carbocycles. The van der Waals surface area contributed by atoms with Gasteiger partial charge in [-0.3, -0.25) is 0 Å². The van der Waals surface area contributed by atoms with Crippen LogP contribution >= 0.6 is 0 Å². The second kappa shape index (κ2) is 9.45. The lowest BCUT2D eigenvalue weighted by atomic mass is 10.1. The van der Waals surface area contributed by atoms with Gasteiger partial charge in [-0.05, 0) is 29.8 Å². The van der Waals surface area contributed by atoms with Crippen LogP contribution in [0.3, 0.4) is 0 Å². The van der Waals surface area contributed by atoms with E-state index in [1.165, 1.54) is 0 Å². The van der Waals surface area contributed by atoms with Crippen molar-refractivity contribution in [3.05, 3.63) is 65.9 Å². The molecule has 3 rings (SSSR count). The molecule has 1 aromatic heterocycles. The molecule has 7 nitrogen and oxygen atoms in total. The Kier molecular flexibility index (Phi) is 6.51. The molecule has 1 heterocycles. The molecule has 0 radical (unpaired) electrons. The van der Waals surface area contributed by atoms with Crippen molar-refractivity contribution in [3.8, 4) is 17.2 Å². The van der Waals surface area contributed by atoms with Crippen LogP contribution in [0.15, 0.2) is 54.7 Å². The van der Waals surface area contributed by atoms with Gasteiger partial charge in [0.1, 0.15) is 11.6 Å². The predicted molar refractivity (Wildman–Crippen MR) is 109 cm³/mol. The molecule has 0 spiro atoms. The minimum Gasteiger partial charge on any atom is -0.493 e. The van der Waals surface area contributed by atoms with E-state index in [4.69, 9.17) is 25.7 Å². The fourth-order valence-corrected chi connectivity index (χ4v) is 2.68. The number of rotatable bonds is 9. The van der Waals surface area contributed by atoms with E-state index in [1.54, 1.807) is 13.3 Å². The normalized spacial score (nSPS) is 10.5. The summed E-state index contributed by atoms with van der Waals surface area (Å²) in [7, 11) is 1.62. The molecule has 0 fully saturated rings. The second-order valence-corrected chi connectivity index (χ2v) is 6.16. The zero-order valence-electron chi connectivity index (χ0n) is 15.8. The molecule has 7 heteroatoms. The number of nitrogens with zero attached hydrogens (tertiary/aromatic N) is 2. The van der Waals surface area contributed by atoms with Crippen molar-refractivity contribution in [1.29, 1.82) is 0 Å². The van der Waals surface area contributed by atoms with Gasteiger partial charge >= 0.3 is 0 Å². The summed E-state index contributed by atoms with van der Waals surface area (Å²) in [5, 5.41) is 0. The van der Waals surface area contributed by atoms with E-state index in [-0.39, 0.29) is 5.95 Å². The van der Waals surface area contributed by atoms with Crippen molar-refractivity contribution in [1.82, 2.24) is 9.97 Å². The first kappa shape index (κ1) is 19.3. The lowest BCUT2D eigenvalue weighted by Gasteiger charge is -2.13. The summed E-state index contributed by atoms with van der Waals surface area (Å²) in [4.78, 5) is 8.00. The van der Waals surface area contributed by atoms with Crippen LogP contribution in [0.4, 0.5) is 11.8 Å². The first-order chi connectivity index (χ1) is 13.7. The third-order valence-corrected chi connectivity index (χ3v) is 4.10. The van der Waals surface area contributed by atoms with Gasteiger partial charge in [0.15, 0.2) is 11.5 Å². The average Bonchev–Trinajstić information content (AvgIpc) is 2.71. The summed E-state index contributed by atoms with van der Waals surface area (Å²) in [6.07, 6.45) is 2.97. The van der Waals surface area contributed by atoms with E-state index < -0.39 is 0 Å². The number of benzene rings is 2. The van der Waals surface area contributed by atoms with E-state index >= 15 is 0 Å². The molecule has 0 aliphatic heterocycles. The highest BCUT2D eigenvalue weighted by atomic mass is 16.5. The van der Waals surface area contributed by atoms with Crippen molar-refractivity contribution >= 4 is 11.8 Å². The molecule has 0 saturated heterocycles.